The Balaban J connectivity index is 1.46. The molecule has 8 nitrogen and oxygen atoms in total. The minimum atomic E-state index is -0.352. The molecule has 168 valence electrons. The number of aromatic amines is 1. The van der Waals surface area contributed by atoms with Gasteiger partial charge in [0.05, 0.1) is 12.6 Å². The molecule has 2 aromatic carbocycles. The van der Waals surface area contributed by atoms with Gasteiger partial charge in [-0.25, -0.2) is 0 Å². The lowest BCUT2D eigenvalue weighted by Gasteiger charge is -2.12. The van der Waals surface area contributed by atoms with Crippen molar-refractivity contribution in [1.82, 2.24) is 20.5 Å². The van der Waals surface area contributed by atoms with Gasteiger partial charge in [-0.05, 0) is 49.7 Å². The molecule has 8 heteroatoms. The van der Waals surface area contributed by atoms with E-state index >= 15 is 0 Å². The molecule has 0 saturated carbocycles. The Morgan fingerprint density at radius 2 is 1.81 bits per heavy atom. The standard InChI is InChI=1S/C24H28N4O4/c1-3-17(2)32-20-11-9-18(10-12-20)23-26-24(30)21(27-28-23)13-14-22(29)25-15-16-31-19-7-5-4-6-8-19/h4-12,17H,3,13-16H2,1-2H3,(H,25,29)(H,26,28,30)/t17-/m1/s1. The number of carbonyl (C=O) groups excluding carboxylic acids is 1. The lowest BCUT2D eigenvalue weighted by Crippen LogP contribution is -2.29. The average Bonchev–Trinajstić information content (AvgIpc) is 2.82. The molecule has 2 N–H and O–H groups in total. The Hall–Kier alpha value is -3.68. The molecule has 1 heterocycles. The van der Waals surface area contributed by atoms with Crippen LogP contribution in [0.3, 0.4) is 0 Å². The Morgan fingerprint density at radius 3 is 2.50 bits per heavy atom. The van der Waals surface area contributed by atoms with E-state index in [2.05, 4.69) is 27.4 Å². The number of para-hydroxylation sites is 1. The van der Waals surface area contributed by atoms with E-state index in [-0.39, 0.29) is 36.1 Å². The van der Waals surface area contributed by atoms with Crippen molar-refractivity contribution in [3.05, 3.63) is 70.6 Å². The van der Waals surface area contributed by atoms with Crippen LogP contribution in [0.2, 0.25) is 0 Å². The number of aryl methyl sites for hydroxylation is 1. The normalized spacial score (nSPS) is 11.6. The molecule has 1 atom stereocenters. The van der Waals surface area contributed by atoms with E-state index in [0.29, 0.717) is 19.0 Å². The van der Waals surface area contributed by atoms with Crippen LogP contribution < -0.4 is 20.3 Å². The second-order valence-electron chi connectivity index (χ2n) is 7.32. The summed E-state index contributed by atoms with van der Waals surface area (Å²) in [6.07, 6.45) is 1.40. The molecule has 0 radical (unpaired) electrons. The summed E-state index contributed by atoms with van der Waals surface area (Å²) in [5.41, 5.74) is 0.602. The highest BCUT2D eigenvalue weighted by Gasteiger charge is 2.10. The van der Waals surface area contributed by atoms with Crippen molar-refractivity contribution in [2.24, 2.45) is 0 Å². The van der Waals surface area contributed by atoms with Gasteiger partial charge in [-0.2, -0.15) is 0 Å². The molecule has 0 fully saturated rings. The summed E-state index contributed by atoms with van der Waals surface area (Å²) in [7, 11) is 0. The van der Waals surface area contributed by atoms with Crippen LogP contribution in [0.4, 0.5) is 0 Å². The van der Waals surface area contributed by atoms with Crippen LogP contribution in [0.25, 0.3) is 11.4 Å². The van der Waals surface area contributed by atoms with Gasteiger partial charge in [0, 0.05) is 18.4 Å². The summed E-state index contributed by atoms with van der Waals surface area (Å²) in [5.74, 6) is 1.71. The van der Waals surface area contributed by atoms with Crippen LogP contribution >= 0.6 is 0 Å². The van der Waals surface area contributed by atoms with Crippen molar-refractivity contribution in [3.8, 4) is 22.9 Å². The number of hydrogen-bond acceptors (Lipinski definition) is 6. The molecule has 0 aliphatic carbocycles. The zero-order valence-electron chi connectivity index (χ0n) is 18.3. The Bertz CT molecular complexity index is 1050. The highest BCUT2D eigenvalue weighted by molar-refractivity contribution is 5.76. The maximum absolute atomic E-state index is 12.4. The minimum Gasteiger partial charge on any atom is -0.492 e. The SMILES string of the molecule is CC[C@@H](C)Oc1ccc(-c2nnc(CCC(=O)NCCOc3ccccc3)c(=O)[nH]2)cc1. The maximum Gasteiger partial charge on any atom is 0.273 e. The Morgan fingerprint density at radius 1 is 1.06 bits per heavy atom. The van der Waals surface area contributed by atoms with Crippen molar-refractivity contribution in [2.45, 2.75) is 39.2 Å². The van der Waals surface area contributed by atoms with Gasteiger partial charge >= 0.3 is 0 Å². The minimum absolute atomic E-state index is 0.133. The van der Waals surface area contributed by atoms with Crippen LogP contribution in [0.5, 0.6) is 11.5 Å². The molecule has 0 saturated heterocycles. The van der Waals surface area contributed by atoms with Crippen molar-refractivity contribution in [2.75, 3.05) is 13.2 Å². The molecule has 3 rings (SSSR count). The van der Waals surface area contributed by atoms with E-state index in [1.54, 1.807) is 0 Å². The molecule has 0 aliphatic rings. The molecule has 0 spiro atoms. The number of benzene rings is 2. The Kier molecular flexibility index (Phi) is 8.36. The second kappa shape index (κ2) is 11.6. The second-order valence-corrected chi connectivity index (χ2v) is 7.32. The largest absolute Gasteiger partial charge is 0.492 e. The van der Waals surface area contributed by atoms with Gasteiger partial charge in [0.2, 0.25) is 5.91 Å². The highest BCUT2D eigenvalue weighted by Crippen LogP contribution is 2.19. The third-order valence-electron chi connectivity index (χ3n) is 4.83. The fourth-order valence-electron chi connectivity index (χ4n) is 2.86. The number of nitrogens with zero attached hydrogens (tertiary/aromatic N) is 2. The fraction of sp³-hybridized carbons (Fsp3) is 0.333. The molecule has 0 unspecified atom stereocenters. The molecule has 32 heavy (non-hydrogen) atoms. The lowest BCUT2D eigenvalue weighted by molar-refractivity contribution is -0.121. The summed E-state index contributed by atoms with van der Waals surface area (Å²) >= 11 is 0. The number of aromatic nitrogens is 3. The molecule has 0 bridgehead atoms. The summed E-state index contributed by atoms with van der Waals surface area (Å²) in [5, 5.41) is 10.9. The van der Waals surface area contributed by atoms with Gasteiger partial charge in [0.15, 0.2) is 5.82 Å². The third-order valence-corrected chi connectivity index (χ3v) is 4.83. The number of amides is 1. The molecule has 3 aromatic rings. The quantitative estimate of drug-likeness (QED) is 0.447. The first-order valence-corrected chi connectivity index (χ1v) is 10.7. The van der Waals surface area contributed by atoms with E-state index in [9.17, 15) is 9.59 Å². The van der Waals surface area contributed by atoms with Crippen molar-refractivity contribution >= 4 is 5.91 Å². The van der Waals surface area contributed by atoms with Crippen molar-refractivity contribution < 1.29 is 14.3 Å². The van der Waals surface area contributed by atoms with E-state index < -0.39 is 0 Å². The molecular weight excluding hydrogens is 408 g/mol. The number of rotatable bonds is 11. The van der Waals surface area contributed by atoms with Crippen LogP contribution in [0.1, 0.15) is 32.4 Å². The van der Waals surface area contributed by atoms with Crippen LogP contribution in [0, 0.1) is 0 Å². The van der Waals surface area contributed by atoms with E-state index in [4.69, 9.17) is 9.47 Å². The molecule has 1 aromatic heterocycles. The van der Waals surface area contributed by atoms with Crippen molar-refractivity contribution in [3.63, 3.8) is 0 Å². The monoisotopic (exact) mass is 436 g/mol. The van der Waals surface area contributed by atoms with E-state index in [0.717, 1.165) is 23.5 Å². The summed E-state index contributed by atoms with van der Waals surface area (Å²) < 4.78 is 11.3. The van der Waals surface area contributed by atoms with Gasteiger partial charge in [0.25, 0.3) is 5.56 Å². The van der Waals surface area contributed by atoms with E-state index in [1.165, 1.54) is 0 Å². The number of hydrogen-bond donors (Lipinski definition) is 2. The predicted molar refractivity (Wildman–Crippen MR) is 122 cm³/mol. The molecule has 0 aliphatic heterocycles. The zero-order valence-corrected chi connectivity index (χ0v) is 18.3. The first-order chi connectivity index (χ1) is 15.5. The molecular formula is C24H28N4O4. The topological polar surface area (TPSA) is 106 Å². The average molecular weight is 437 g/mol. The third kappa shape index (κ3) is 6.94. The van der Waals surface area contributed by atoms with Crippen LogP contribution in [-0.4, -0.2) is 40.3 Å². The summed E-state index contributed by atoms with van der Waals surface area (Å²) in [6, 6.07) is 16.7. The van der Waals surface area contributed by atoms with Crippen LogP contribution in [0.15, 0.2) is 59.4 Å². The van der Waals surface area contributed by atoms with Gasteiger partial charge < -0.3 is 19.8 Å². The smallest absolute Gasteiger partial charge is 0.273 e. The molecule has 1 amide bonds. The number of ether oxygens (including phenoxy) is 2. The number of nitrogens with one attached hydrogen (secondary N) is 2. The number of H-pyrrole nitrogens is 1. The van der Waals surface area contributed by atoms with Crippen LogP contribution in [-0.2, 0) is 11.2 Å². The highest BCUT2D eigenvalue weighted by atomic mass is 16.5. The van der Waals surface area contributed by atoms with E-state index in [1.807, 2.05) is 61.5 Å². The van der Waals surface area contributed by atoms with Gasteiger partial charge in [0.1, 0.15) is 23.8 Å². The van der Waals surface area contributed by atoms with Gasteiger partial charge in [-0.3, -0.25) is 9.59 Å². The van der Waals surface area contributed by atoms with Gasteiger partial charge in [-0.15, -0.1) is 10.2 Å². The number of carbonyl (C=O) groups is 1. The summed E-state index contributed by atoms with van der Waals surface area (Å²) in [6.45, 7) is 4.82. The first kappa shape index (κ1) is 23.0. The lowest BCUT2D eigenvalue weighted by atomic mass is 10.2. The fourth-order valence-corrected chi connectivity index (χ4v) is 2.86. The summed E-state index contributed by atoms with van der Waals surface area (Å²) in [4.78, 5) is 27.1. The van der Waals surface area contributed by atoms with Gasteiger partial charge in [-0.1, -0.05) is 25.1 Å². The first-order valence-electron chi connectivity index (χ1n) is 10.7. The Labute approximate surface area is 187 Å². The van der Waals surface area contributed by atoms with Crippen molar-refractivity contribution in [1.29, 1.82) is 0 Å². The zero-order chi connectivity index (χ0) is 22.8. The predicted octanol–water partition coefficient (Wildman–Crippen LogP) is 3.14. The maximum atomic E-state index is 12.4.